The van der Waals surface area contributed by atoms with E-state index >= 15 is 0 Å². The van der Waals surface area contributed by atoms with Crippen molar-refractivity contribution in [3.63, 3.8) is 0 Å². The Balaban J connectivity index is 1.16. The van der Waals surface area contributed by atoms with E-state index in [1.807, 2.05) is 70.5 Å². The molecule has 2 aliphatic rings. The van der Waals surface area contributed by atoms with Crippen molar-refractivity contribution in [1.29, 1.82) is 0 Å². The fraction of sp³-hybridized carbons (Fsp3) is 0.310. The minimum Gasteiger partial charge on any atom is -0.394 e. The van der Waals surface area contributed by atoms with Gasteiger partial charge in [-0.15, -0.1) is 11.3 Å². The Morgan fingerprint density at radius 2 is 1.68 bits per heavy atom. The van der Waals surface area contributed by atoms with Gasteiger partial charge in [-0.3, -0.25) is 9.59 Å². The summed E-state index contributed by atoms with van der Waals surface area (Å²) in [5.74, 6) is 1.15. The smallest absolute Gasteiger partial charge is 0.253 e. The molecule has 2 fully saturated rings. The van der Waals surface area contributed by atoms with Crippen molar-refractivity contribution >= 4 is 39.2 Å². The van der Waals surface area contributed by atoms with Gasteiger partial charge in [-0.2, -0.15) is 0 Å². The molecule has 8 nitrogen and oxygen atoms in total. The Morgan fingerprint density at radius 1 is 0.974 bits per heavy atom. The SMILES string of the molecule is O=C(c1ccc(-c2cc3ncnc(NC(CO)c4ccccc4)c3s2)cc1)N1CCN(C(=O)C2CC2)CC1. The van der Waals surface area contributed by atoms with Crippen molar-refractivity contribution in [1.82, 2.24) is 19.8 Å². The van der Waals surface area contributed by atoms with E-state index in [-0.39, 0.29) is 30.4 Å². The van der Waals surface area contributed by atoms with Crippen LogP contribution >= 0.6 is 11.3 Å². The van der Waals surface area contributed by atoms with Crippen LogP contribution in [-0.2, 0) is 4.79 Å². The molecule has 1 saturated carbocycles. The van der Waals surface area contributed by atoms with Crippen LogP contribution in [0, 0.1) is 5.92 Å². The standard InChI is InChI=1S/C29H29N5O3S/c35-17-24(19-4-2-1-3-5-19)32-27-26-23(30-18-31-27)16-25(38-26)20-6-8-21(9-7-20)28(36)33-12-14-34(15-13-33)29(37)22-10-11-22/h1-9,16,18,22,24,35H,10-15,17H2,(H,30,31,32). The minimum atomic E-state index is -0.279. The third-order valence-electron chi connectivity index (χ3n) is 7.23. The number of rotatable bonds is 7. The van der Waals surface area contributed by atoms with Gasteiger partial charge in [0.1, 0.15) is 12.1 Å². The van der Waals surface area contributed by atoms with E-state index in [0.29, 0.717) is 37.6 Å². The highest BCUT2D eigenvalue weighted by Gasteiger charge is 2.35. The summed E-state index contributed by atoms with van der Waals surface area (Å²) in [5, 5.41) is 13.3. The molecule has 4 aromatic rings. The molecule has 0 spiro atoms. The second kappa shape index (κ2) is 10.5. The van der Waals surface area contributed by atoms with Gasteiger partial charge in [-0.25, -0.2) is 9.97 Å². The maximum atomic E-state index is 13.1. The summed E-state index contributed by atoms with van der Waals surface area (Å²) in [4.78, 5) is 39.0. The summed E-state index contributed by atoms with van der Waals surface area (Å²) in [6.07, 6.45) is 3.54. The average molecular weight is 528 g/mol. The summed E-state index contributed by atoms with van der Waals surface area (Å²) < 4.78 is 0.913. The highest BCUT2D eigenvalue weighted by molar-refractivity contribution is 7.22. The van der Waals surface area contributed by atoms with Crippen LogP contribution in [0.1, 0.15) is 34.8 Å². The van der Waals surface area contributed by atoms with Crippen LogP contribution in [-0.4, -0.2) is 69.5 Å². The van der Waals surface area contributed by atoms with Gasteiger partial charge in [0.2, 0.25) is 5.91 Å². The Hall–Kier alpha value is -3.82. The number of nitrogens with zero attached hydrogens (tertiary/aromatic N) is 4. The first-order chi connectivity index (χ1) is 18.6. The maximum Gasteiger partial charge on any atom is 0.253 e. The Kier molecular flexibility index (Phi) is 6.78. The zero-order valence-electron chi connectivity index (χ0n) is 20.9. The lowest BCUT2D eigenvalue weighted by molar-refractivity contribution is -0.134. The zero-order valence-corrected chi connectivity index (χ0v) is 21.7. The van der Waals surface area contributed by atoms with Gasteiger partial charge >= 0.3 is 0 Å². The lowest BCUT2D eigenvalue weighted by Gasteiger charge is -2.35. The molecule has 1 unspecified atom stereocenters. The van der Waals surface area contributed by atoms with E-state index in [9.17, 15) is 14.7 Å². The number of hydrogen-bond donors (Lipinski definition) is 2. The average Bonchev–Trinajstić information content (AvgIpc) is 3.73. The van der Waals surface area contributed by atoms with E-state index < -0.39 is 0 Å². The van der Waals surface area contributed by atoms with Crippen molar-refractivity contribution in [2.75, 3.05) is 38.1 Å². The Bertz CT molecular complexity index is 1440. The van der Waals surface area contributed by atoms with Crippen LogP contribution in [0.4, 0.5) is 5.82 Å². The molecule has 2 aromatic carbocycles. The zero-order chi connectivity index (χ0) is 26.1. The molecule has 6 rings (SSSR count). The topological polar surface area (TPSA) is 98.7 Å². The van der Waals surface area contributed by atoms with Gasteiger partial charge < -0.3 is 20.2 Å². The highest BCUT2D eigenvalue weighted by atomic mass is 32.1. The molecule has 3 heterocycles. The van der Waals surface area contributed by atoms with E-state index in [1.54, 1.807) is 11.3 Å². The number of carbonyl (C=O) groups excluding carboxylic acids is 2. The number of fused-ring (bicyclic) bond motifs is 1. The number of anilines is 1. The number of piperazine rings is 1. The second-order valence-corrected chi connectivity index (χ2v) is 10.9. The molecule has 1 aliphatic carbocycles. The molecule has 2 aromatic heterocycles. The second-order valence-electron chi connectivity index (χ2n) is 9.81. The lowest BCUT2D eigenvalue weighted by atomic mass is 10.1. The number of carbonyl (C=O) groups is 2. The van der Waals surface area contributed by atoms with E-state index in [1.165, 1.54) is 6.33 Å². The number of nitrogens with one attached hydrogen (secondary N) is 1. The van der Waals surface area contributed by atoms with Gasteiger partial charge in [0, 0.05) is 42.5 Å². The van der Waals surface area contributed by atoms with Crippen molar-refractivity contribution in [3.05, 3.63) is 78.1 Å². The Labute approximate surface area is 224 Å². The summed E-state index contributed by atoms with van der Waals surface area (Å²) in [7, 11) is 0. The van der Waals surface area contributed by atoms with Crippen LogP contribution in [0.3, 0.4) is 0 Å². The molecule has 0 bridgehead atoms. The predicted molar refractivity (Wildman–Crippen MR) is 148 cm³/mol. The monoisotopic (exact) mass is 527 g/mol. The van der Waals surface area contributed by atoms with Crippen LogP contribution in [0.15, 0.2) is 67.0 Å². The summed E-state index contributed by atoms with van der Waals surface area (Å²) in [6, 6.07) is 19.2. The fourth-order valence-electron chi connectivity index (χ4n) is 4.86. The summed E-state index contributed by atoms with van der Waals surface area (Å²) in [6.45, 7) is 2.30. The molecule has 194 valence electrons. The normalized spacial score (nSPS) is 16.4. The number of aromatic nitrogens is 2. The molecular formula is C29H29N5O3S. The van der Waals surface area contributed by atoms with Crippen molar-refractivity contribution in [3.8, 4) is 10.4 Å². The van der Waals surface area contributed by atoms with E-state index in [2.05, 4.69) is 15.3 Å². The largest absolute Gasteiger partial charge is 0.394 e. The number of aliphatic hydroxyl groups is 1. The number of amides is 2. The quantitative estimate of drug-likeness (QED) is 0.374. The first-order valence-corrected chi connectivity index (χ1v) is 13.8. The number of aliphatic hydroxyl groups excluding tert-OH is 1. The molecule has 0 radical (unpaired) electrons. The molecule has 9 heteroatoms. The molecular weight excluding hydrogens is 498 g/mol. The molecule has 38 heavy (non-hydrogen) atoms. The van der Waals surface area contributed by atoms with Gasteiger partial charge in [0.05, 0.1) is 22.9 Å². The molecule has 1 atom stereocenters. The highest BCUT2D eigenvalue weighted by Crippen LogP contribution is 2.37. The molecule has 1 saturated heterocycles. The van der Waals surface area contributed by atoms with Gasteiger partial charge in [-0.05, 0) is 42.2 Å². The van der Waals surface area contributed by atoms with Crippen molar-refractivity contribution < 1.29 is 14.7 Å². The third kappa shape index (κ3) is 4.99. The maximum absolute atomic E-state index is 13.1. The summed E-state index contributed by atoms with van der Waals surface area (Å²) >= 11 is 1.58. The number of thiophene rings is 1. The fourth-order valence-corrected chi connectivity index (χ4v) is 5.93. The predicted octanol–water partition coefficient (Wildman–Crippen LogP) is 4.20. The lowest BCUT2D eigenvalue weighted by Crippen LogP contribution is -2.51. The van der Waals surface area contributed by atoms with Crippen LogP contribution < -0.4 is 5.32 Å². The van der Waals surface area contributed by atoms with Crippen LogP contribution in [0.5, 0.6) is 0 Å². The first-order valence-electron chi connectivity index (χ1n) is 13.0. The van der Waals surface area contributed by atoms with Gasteiger partial charge in [0.25, 0.3) is 5.91 Å². The number of hydrogen-bond acceptors (Lipinski definition) is 7. The summed E-state index contributed by atoms with van der Waals surface area (Å²) in [5.41, 5.74) is 3.45. The van der Waals surface area contributed by atoms with Crippen molar-refractivity contribution in [2.24, 2.45) is 5.92 Å². The minimum absolute atomic E-state index is 0.000258. The molecule has 2 N–H and O–H groups in total. The van der Waals surface area contributed by atoms with E-state index in [0.717, 1.165) is 39.1 Å². The Morgan fingerprint density at radius 3 is 2.37 bits per heavy atom. The molecule has 1 aliphatic heterocycles. The third-order valence-corrected chi connectivity index (χ3v) is 8.41. The van der Waals surface area contributed by atoms with Gasteiger partial charge in [0.15, 0.2) is 0 Å². The van der Waals surface area contributed by atoms with Gasteiger partial charge in [-0.1, -0.05) is 42.5 Å². The number of benzene rings is 2. The van der Waals surface area contributed by atoms with E-state index in [4.69, 9.17) is 0 Å². The first kappa shape index (κ1) is 24.5. The van der Waals surface area contributed by atoms with Crippen molar-refractivity contribution in [2.45, 2.75) is 18.9 Å². The molecule has 2 amide bonds. The van der Waals surface area contributed by atoms with Crippen LogP contribution in [0.25, 0.3) is 20.7 Å². The van der Waals surface area contributed by atoms with Crippen LogP contribution in [0.2, 0.25) is 0 Å².